The van der Waals surface area contributed by atoms with Crippen LogP contribution in [0.1, 0.15) is 6.92 Å². The molecule has 0 saturated carbocycles. The van der Waals surface area contributed by atoms with E-state index in [1.54, 1.807) is 55.6 Å². The molecule has 0 unspecified atom stereocenters. The number of amides is 2. The van der Waals surface area contributed by atoms with Crippen molar-refractivity contribution in [1.29, 1.82) is 0 Å². The molecule has 0 fully saturated rings. The van der Waals surface area contributed by atoms with E-state index in [1.807, 2.05) is 0 Å². The van der Waals surface area contributed by atoms with Crippen molar-refractivity contribution in [3.05, 3.63) is 71.3 Å². The first-order valence-electron chi connectivity index (χ1n) is 8.83. The normalized spacial score (nSPS) is 10.3. The Morgan fingerprint density at radius 3 is 2.34 bits per heavy atom. The Labute approximate surface area is 167 Å². The van der Waals surface area contributed by atoms with E-state index in [0.29, 0.717) is 22.8 Å². The Hall–Kier alpha value is -3.94. The molecule has 8 nitrogen and oxygen atoms in total. The van der Waals surface area contributed by atoms with E-state index in [0.717, 1.165) is 5.56 Å². The summed E-state index contributed by atoms with van der Waals surface area (Å²) >= 11 is 0. The molecule has 0 saturated heterocycles. The van der Waals surface area contributed by atoms with Gasteiger partial charge in [-0.05, 0) is 42.5 Å². The molecule has 0 radical (unpaired) electrons. The number of aromatic nitrogens is 2. The lowest BCUT2D eigenvalue weighted by Gasteiger charge is -2.09. The number of nitrogens with zero attached hydrogens (tertiary/aromatic N) is 2. The molecule has 0 aliphatic heterocycles. The standard InChI is InChI=1S/C21H20N4O4/c1-14(26)23-16-4-3-5-17(10-16)24-20(27)12-25-13-22-19(11-21(25)28)15-6-8-18(29-2)9-7-15/h3-11,13H,12H2,1-2H3,(H,23,26)(H,24,27). The minimum Gasteiger partial charge on any atom is -0.497 e. The van der Waals surface area contributed by atoms with Crippen molar-refractivity contribution >= 4 is 23.2 Å². The predicted octanol–water partition coefficient (Wildman–Crippen LogP) is 2.52. The van der Waals surface area contributed by atoms with Crippen molar-refractivity contribution in [2.45, 2.75) is 13.5 Å². The topological polar surface area (TPSA) is 102 Å². The second-order valence-electron chi connectivity index (χ2n) is 6.28. The maximum atomic E-state index is 12.4. The highest BCUT2D eigenvalue weighted by Gasteiger charge is 2.08. The second-order valence-corrected chi connectivity index (χ2v) is 6.28. The van der Waals surface area contributed by atoms with E-state index in [4.69, 9.17) is 4.74 Å². The third kappa shape index (κ3) is 5.29. The Kier molecular flexibility index (Phi) is 6.03. The van der Waals surface area contributed by atoms with E-state index >= 15 is 0 Å². The van der Waals surface area contributed by atoms with Gasteiger partial charge in [0.1, 0.15) is 12.3 Å². The minimum atomic E-state index is -0.383. The van der Waals surface area contributed by atoms with Gasteiger partial charge in [0, 0.05) is 29.9 Å². The van der Waals surface area contributed by atoms with Gasteiger partial charge in [-0.15, -0.1) is 0 Å². The van der Waals surface area contributed by atoms with E-state index in [1.165, 1.54) is 23.9 Å². The van der Waals surface area contributed by atoms with Crippen LogP contribution in [0.15, 0.2) is 65.7 Å². The van der Waals surface area contributed by atoms with Gasteiger partial charge in [-0.25, -0.2) is 4.98 Å². The molecule has 0 aliphatic carbocycles. The molecule has 1 aromatic heterocycles. The second kappa shape index (κ2) is 8.83. The highest BCUT2D eigenvalue weighted by atomic mass is 16.5. The van der Waals surface area contributed by atoms with Crippen LogP contribution in [0.25, 0.3) is 11.3 Å². The molecule has 148 valence electrons. The van der Waals surface area contributed by atoms with E-state index < -0.39 is 0 Å². The summed E-state index contributed by atoms with van der Waals surface area (Å²) in [6.45, 7) is 1.22. The zero-order valence-electron chi connectivity index (χ0n) is 16.0. The van der Waals surface area contributed by atoms with E-state index in [-0.39, 0.29) is 23.9 Å². The number of hydrogen-bond acceptors (Lipinski definition) is 5. The molecule has 2 N–H and O–H groups in total. The number of nitrogens with one attached hydrogen (secondary N) is 2. The number of benzene rings is 2. The van der Waals surface area contributed by atoms with Crippen molar-refractivity contribution in [2.75, 3.05) is 17.7 Å². The summed E-state index contributed by atoms with van der Waals surface area (Å²) in [5.41, 5.74) is 2.02. The number of ether oxygens (including phenoxy) is 1. The summed E-state index contributed by atoms with van der Waals surface area (Å²) in [7, 11) is 1.58. The number of carbonyl (C=O) groups excluding carboxylic acids is 2. The molecule has 8 heteroatoms. The average Bonchev–Trinajstić information content (AvgIpc) is 2.69. The maximum Gasteiger partial charge on any atom is 0.254 e. The zero-order chi connectivity index (χ0) is 20.8. The Bertz CT molecular complexity index is 1090. The number of hydrogen-bond donors (Lipinski definition) is 2. The van der Waals surface area contributed by atoms with Crippen LogP contribution in [0.3, 0.4) is 0 Å². The molecule has 3 rings (SSSR count). The Morgan fingerprint density at radius 2 is 1.72 bits per heavy atom. The lowest BCUT2D eigenvalue weighted by molar-refractivity contribution is -0.117. The largest absolute Gasteiger partial charge is 0.497 e. The van der Waals surface area contributed by atoms with Crippen molar-refractivity contribution < 1.29 is 14.3 Å². The van der Waals surface area contributed by atoms with Crippen LogP contribution in [-0.2, 0) is 16.1 Å². The summed E-state index contributed by atoms with van der Waals surface area (Å²) in [6, 6.07) is 15.3. The van der Waals surface area contributed by atoms with Crippen LogP contribution in [0, 0.1) is 0 Å². The molecule has 1 heterocycles. The highest BCUT2D eigenvalue weighted by molar-refractivity contribution is 5.93. The number of methoxy groups -OCH3 is 1. The van der Waals surface area contributed by atoms with Gasteiger partial charge in [-0.1, -0.05) is 6.07 Å². The zero-order valence-corrected chi connectivity index (χ0v) is 16.0. The van der Waals surface area contributed by atoms with Crippen LogP contribution >= 0.6 is 0 Å². The first-order chi connectivity index (χ1) is 13.9. The van der Waals surface area contributed by atoms with Crippen LogP contribution < -0.4 is 20.9 Å². The Balaban J connectivity index is 1.69. The first-order valence-corrected chi connectivity index (χ1v) is 8.83. The Morgan fingerprint density at radius 1 is 1.03 bits per heavy atom. The third-order valence-corrected chi connectivity index (χ3v) is 4.05. The molecule has 29 heavy (non-hydrogen) atoms. The fourth-order valence-electron chi connectivity index (χ4n) is 2.70. The lowest BCUT2D eigenvalue weighted by Crippen LogP contribution is -2.27. The van der Waals surface area contributed by atoms with Crippen molar-refractivity contribution in [2.24, 2.45) is 0 Å². The highest BCUT2D eigenvalue weighted by Crippen LogP contribution is 2.19. The van der Waals surface area contributed by atoms with Crippen LogP contribution in [0.2, 0.25) is 0 Å². The molecule has 2 aromatic carbocycles. The van der Waals surface area contributed by atoms with Crippen LogP contribution in [-0.4, -0.2) is 28.5 Å². The summed E-state index contributed by atoms with van der Waals surface area (Å²) < 4.78 is 6.34. The van der Waals surface area contributed by atoms with Crippen molar-refractivity contribution in [3.63, 3.8) is 0 Å². The van der Waals surface area contributed by atoms with Crippen molar-refractivity contribution in [3.8, 4) is 17.0 Å². The monoisotopic (exact) mass is 392 g/mol. The number of rotatable bonds is 6. The predicted molar refractivity (Wildman–Crippen MR) is 110 cm³/mol. The molecule has 3 aromatic rings. The lowest BCUT2D eigenvalue weighted by atomic mass is 10.1. The van der Waals surface area contributed by atoms with Gasteiger partial charge >= 0.3 is 0 Å². The molecular weight excluding hydrogens is 372 g/mol. The molecular formula is C21H20N4O4. The fourth-order valence-corrected chi connectivity index (χ4v) is 2.70. The van der Waals surface area contributed by atoms with E-state index in [2.05, 4.69) is 15.6 Å². The van der Waals surface area contributed by atoms with Gasteiger partial charge in [-0.3, -0.25) is 19.0 Å². The summed E-state index contributed by atoms with van der Waals surface area (Å²) in [5, 5.41) is 5.34. The molecule has 2 amide bonds. The SMILES string of the molecule is COc1ccc(-c2cc(=O)n(CC(=O)Nc3cccc(NC(C)=O)c3)cn2)cc1. The molecule has 0 bridgehead atoms. The third-order valence-electron chi connectivity index (χ3n) is 4.05. The quantitative estimate of drug-likeness (QED) is 0.671. The van der Waals surface area contributed by atoms with Gasteiger partial charge < -0.3 is 15.4 Å². The number of anilines is 2. The van der Waals surface area contributed by atoms with Gasteiger partial charge in [0.2, 0.25) is 11.8 Å². The van der Waals surface area contributed by atoms with Crippen LogP contribution in [0.5, 0.6) is 5.75 Å². The first kappa shape index (κ1) is 19.8. The van der Waals surface area contributed by atoms with Crippen LogP contribution in [0.4, 0.5) is 11.4 Å². The molecule has 0 aliphatic rings. The minimum absolute atomic E-state index is 0.181. The van der Waals surface area contributed by atoms with Gasteiger partial charge in [0.25, 0.3) is 5.56 Å². The maximum absolute atomic E-state index is 12.4. The van der Waals surface area contributed by atoms with Gasteiger partial charge in [0.05, 0.1) is 19.1 Å². The smallest absolute Gasteiger partial charge is 0.254 e. The summed E-state index contributed by atoms with van der Waals surface area (Å²) in [6.07, 6.45) is 1.34. The summed E-state index contributed by atoms with van der Waals surface area (Å²) in [4.78, 5) is 40.1. The molecule has 0 spiro atoms. The average molecular weight is 392 g/mol. The summed E-state index contributed by atoms with van der Waals surface area (Å²) in [5.74, 6) is 0.121. The van der Waals surface area contributed by atoms with Gasteiger partial charge in [-0.2, -0.15) is 0 Å². The number of carbonyl (C=O) groups is 2. The van der Waals surface area contributed by atoms with Gasteiger partial charge in [0.15, 0.2) is 0 Å². The van der Waals surface area contributed by atoms with E-state index in [9.17, 15) is 14.4 Å². The van der Waals surface area contributed by atoms with Crippen molar-refractivity contribution in [1.82, 2.24) is 9.55 Å². The fraction of sp³-hybridized carbons (Fsp3) is 0.143. The molecule has 0 atom stereocenters.